The van der Waals surface area contributed by atoms with Crippen LogP contribution in [0.15, 0.2) is 29.2 Å². The summed E-state index contributed by atoms with van der Waals surface area (Å²) in [5.41, 5.74) is -4.62. The number of amides is 2. The minimum Gasteiger partial charge on any atom is -0.323 e. The molecule has 1 aromatic carbocycles. The summed E-state index contributed by atoms with van der Waals surface area (Å²) in [6.45, 7) is 2.71. The minimum absolute atomic E-state index is 0.0318. The summed E-state index contributed by atoms with van der Waals surface area (Å²) < 4.78 is 88.4. The van der Waals surface area contributed by atoms with Crippen molar-refractivity contribution in [2.45, 2.75) is 73.1 Å². The van der Waals surface area contributed by atoms with Crippen LogP contribution in [0.5, 0.6) is 0 Å². The summed E-state index contributed by atoms with van der Waals surface area (Å²) in [5.74, 6) is -1.19. The highest BCUT2D eigenvalue weighted by atomic mass is 32.2. The molecule has 8 nitrogen and oxygen atoms in total. The maximum atomic E-state index is 13.2. The highest BCUT2D eigenvalue weighted by Crippen LogP contribution is 2.57. The first-order chi connectivity index (χ1) is 19.1. The Bertz CT molecular complexity index is 1470. The van der Waals surface area contributed by atoms with Crippen LogP contribution in [0.3, 0.4) is 0 Å². The number of H-pyrrole nitrogens is 1. The van der Waals surface area contributed by atoms with Crippen molar-refractivity contribution in [3.63, 3.8) is 0 Å². The lowest BCUT2D eigenvalue weighted by atomic mass is 9.56. The zero-order valence-corrected chi connectivity index (χ0v) is 22.9. The summed E-state index contributed by atoms with van der Waals surface area (Å²) in [5, 5.41) is 7.10. The second kappa shape index (κ2) is 8.63. The van der Waals surface area contributed by atoms with E-state index in [0.717, 1.165) is 37.8 Å². The number of benzene rings is 1. The minimum atomic E-state index is -5.37. The van der Waals surface area contributed by atoms with E-state index in [4.69, 9.17) is 0 Å². The lowest BCUT2D eigenvalue weighted by Crippen LogP contribution is -2.70. The molecule has 7 rings (SSSR count). The Morgan fingerprint density at radius 3 is 2.15 bits per heavy atom. The van der Waals surface area contributed by atoms with E-state index in [9.17, 15) is 35.2 Å². The molecule has 5 fully saturated rings. The van der Waals surface area contributed by atoms with E-state index < -0.39 is 26.2 Å². The molecule has 0 radical (unpaired) electrons. The number of hydrogen-bond acceptors (Lipinski definition) is 5. The van der Waals surface area contributed by atoms with Crippen LogP contribution in [-0.2, 0) is 16.3 Å². The Hall–Kier alpha value is -2.77. The highest BCUT2D eigenvalue weighted by Gasteiger charge is 2.59. The molecule has 3 aliphatic carbocycles. The zero-order valence-electron chi connectivity index (χ0n) is 22.1. The van der Waals surface area contributed by atoms with Crippen molar-refractivity contribution < 1.29 is 35.2 Å². The van der Waals surface area contributed by atoms with Gasteiger partial charge in [-0.1, -0.05) is 12.1 Å². The van der Waals surface area contributed by atoms with Crippen molar-refractivity contribution in [3.05, 3.63) is 41.5 Å². The first-order valence-electron chi connectivity index (χ1n) is 13.9. The molecule has 1 N–H and O–H groups in total. The zero-order chi connectivity index (χ0) is 29.0. The summed E-state index contributed by atoms with van der Waals surface area (Å²) in [6.07, 6.45) is 3.62. The molecule has 222 valence electrons. The van der Waals surface area contributed by atoms with Crippen molar-refractivity contribution >= 4 is 15.9 Å². The predicted octanol–water partition coefficient (Wildman–Crippen LogP) is 4.87. The fourth-order valence-corrected chi connectivity index (χ4v) is 8.64. The number of likely N-dealkylation sites (tertiary alicyclic amines) is 2. The van der Waals surface area contributed by atoms with Gasteiger partial charge in [0.25, 0.3) is 9.84 Å². The standard InChI is InChI=1S/C27H30F5N5O3S/c28-26(29)10-19(11-26)22-33-21(34-35-22)18-8-25(9-18)14-37(15-25)23(38)36-12-24(13-36)6-17(7-24)4-16-2-1-3-20(5-16)41(39,40)27(30,31)32/h1-3,5,17-19H,4,6-15H2,(H,33,34,35). The Kier molecular flexibility index (Phi) is 5.70. The third-order valence-corrected chi connectivity index (χ3v) is 11.3. The number of carbonyl (C=O) groups is 1. The van der Waals surface area contributed by atoms with Gasteiger partial charge in [0.15, 0.2) is 5.82 Å². The van der Waals surface area contributed by atoms with Crippen molar-refractivity contribution in [1.82, 2.24) is 25.0 Å². The molecular formula is C27H30F5N5O3S. The van der Waals surface area contributed by atoms with E-state index in [0.29, 0.717) is 49.8 Å². The van der Waals surface area contributed by atoms with Crippen LogP contribution in [-0.4, -0.2) is 77.0 Å². The van der Waals surface area contributed by atoms with E-state index in [2.05, 4.69) is 15.2 Å². The molecule has 2 aliphatic heterocycles. The molecule has 14 heteroatoms. The van der Waals surface area contributed by atoms with E-state index in [1.54, 1.807) is 6.07 Å². The van der Waals surface area contributed by atoms with Gasteiger partial charge in [0.05, 0.1) is 4.90 Å². The SMILES string of the molecule is O=C(N1CC2(CC(Cc3cccc(S(=O)(=O)C(F)(F)F)c3)C2)C1)N1CC2(CC(c3n[nH]c(C4CC(F)(F)C4)n3)C2)C1. The van der Waals surface area contributed by atoms with Gasteiger partial charge in [-0.15, -0.1) is 0 Å². The maximum absolute atomic E-state index is 13.2. The van der Waals surface area contributed by atoms with Crippen molar-refractivity contribution in [2.75, 3.05) is 26.2 Å². The van der Waals surface area contributed by atoms with Gasteiger partial charge in [-0.25, -0.2) is 27.0 Å². The Morgan fingerprint density at radius 1 is 0.951 bits per heavy atom. The molecule has 2 aromatic rings. The largest absolute Gasteiger partial charge is 0.501 e. The summed E-state index contributed by atoms with van der Waals surface area (Å²) >= 11 is 0. The average Bonchev–Trinajstić information content (AvgIpc) is 3.25. The van der Waals surface area contributed by atoms with Crippen molar-refractivity contribution in [3.8, 4) is 0 Å². The molecule has 1 aromatic heterocycles. The van der Waals surface area contributed by atoms with Crippen molar-refractivity contribution in [2.24, 2.45) is 16.7 Å². The predicted molar refractivity (Wildman–Crippen MR) is 135 cm³/mol. The van der Waals surface area contributed by atoms with Gasteiger partial charge in [-0.2, -0.15) is 18.3 Å². The third-order valence-electron chi connectivity index (χ3n) is 9.85. The number of aromatic amines is 1. The Labute approximate surface area is 233 Å². The molecule has 0 atom stereocenters. The van der Waals surface area contributed by atoms with E-state index >= 15 is 0 Å². The van der Waals surface area contributed by atoms with Gasteiger partial charge in [0, 0.05) is 61.7 Å². The van der Waals surface area contributed by atoms with Crippen molar-refractivity contribution in [1.29, 1.82) is 0 Å². The average molecular weight is 600 g/mol. The van der Waals surface area contributed by atoms with Crippen LogP contribution in [0.1, 0.15) is 67.6 Å². The molecule has 5 aliphatic rings. The molecule has 2 saturated heterocycles. The fraction of sp³-hybridized carbons (Fsp3) is 0.667. The van der Waals surface area contributed by atoms with Crippen LogP contribution in [0.4, 0.5) is 26.7 Å². The number of nitrogens with zero attached hydrogens (tertiary/aromatic N) is 4. The summed E-state index contributed by atoms with van der Waals surface area (Å²) in [4.78, 5) is 20.5. The second-order valence-electron chi connectivity index (χ2n) is 13.2. The molecule has 0 bridgehead atoms. The van der Waals surface area contributed by atoms with Crippen LogP contribution >= 0.6 is 0 Å². The van der Waals surface area contributed by atoms with E-state index in [1.165, 1.54) is 6.07 Å². The number of carbonyl (C=O) groups excluding carboxylic acids is 1. The van der Waals surface area contributed by atoms with E-state index in [-0.39, 0.29) is 47.5 Å². The molecule has 41 heavy (non-hydrogen) atoms. The Morgan fingerprint density at radius 2 is 1.56 bits per heavy atom. The molecule has 3 heterocycles. The monoisotopic (exact) mass is 599 g/mol. The molecule has 3 saturated carbocycles. The molecule has 0 unspecified atom stereocenters. The maximum Gasteiger partial charge on any atom is 0.501 e. The van der Waals surface area contributed by atoms with Crippen LogP contribution in [0.25, 0.3) is 0 Å². The van der Waals surface area contributed by atoms with Gasteiger partial charge in [0.1, 0.15) is 5.82 Å². The Balaban J connectivity index is 0.844. The normalized spacial score (nSPS) is 25.3. The number of nitrogens with one attached hydrogen (secondary N) is 1. The summed E-state index contributed by atoms with van der Waals surface area (Å²) in [6, 6.07) is 5.12. The molecule has 2 spiro atoms. The number of halogens is 5. The van der Waals surface area contributed by atoms with Gasteiger partial charge in [-0.3, -0.25) is 5.10 Å². The van der Waals surface area contributed by atoms with Gasteiger partial charge in [-0.05, 0) is 55.7 Å². The van der Waals surface area contributed by atoms with Crippen LogP contribution in [0.2, 0.25) is 0 Å². The van der Waals surface area contributed by atoms with Gasteiger partial charge < -0.3 is 9.80 Å². The topological polar surface area (TPSA) is 99.3 Å². The van der Waals surface area contributed by atoms with Crippen LogP contribution < -0.4 is 0 Å². The first kappa shape index (κ1) is 27.1. The molecular weight excluding hydrogens is 569 g/mol. The number of aromatic nitrogens is 3. The lowest BCUT2D eigenvalue weighted by Gasteiger charge is -2.63. The molecule has 2 amide bonds. The number of rotatable bonds is 5. The number of alkyl halides is 5. The van der Waals surface area contributed by atoms with Gasteiger partial charge >= 0.3 is 11.5 Å². The third kappa shape index (κ3) is 4.51. The van der Waals surface area contributed by atoms with Crippen LogP contribution in [0, 0.1) is 16.7 Å². The smallest absolute Gasteiger partial charge is 0.323 e. The fourth-order valence-electron chi connectivity index (χ4n) is 7.81. The van der Waals surface area contributed by atoms with E-state index in [1.807, 2.05) is 9.80 Å². The number of urea groups is 1. The lowest BCUT2D eigenvalue weighted by molar-refractivity contribution is -0.100. The second-order valence-corrected chi connectivity index (χ2v) is 15.2. The first-order valence-corrected chi connectivity index (χ1v) is 15.4. The quantitative estimate of drug-likeness (QED) is 0.495. The number of hydrogen-bond donors (Lipinski definition) is 1. The number of sulfone groups is 1. The highest BCUT2D eigenvalue weighted by molar-refractivity contribution is 7.92. The van der Waals surface area contributed by atoms with Gasteiger partial charge in [0.2, 0.25) is 5.92 Å². The summed E-state index contributed by atoms with van der Waals surface area (Å²) in [7, 11) is -5.37.